The summed E-state index contributed by atoms with van der Waals surface area (Å²) in [6.45, 7) is 8.56. The Labute approximate surface area is 93.8 Å². The molecule has 1 aromatic heterocycles. The molecular weight excluding hydrogens is 207 g/mol. The number of halogens is 1. The van der Waals surface area contributed by atoms with Gasteiger partial charge in [0.05, 0.1) is 11.9 Å². The van der Waals surface area contributed by atoms with Gasteiger partial charge in [0.1, 0.15) is 0 Å². The minimum absolute atomic E-state index is 0.0216. The maximum Gasteiger partial charge on any atom is 0.219 e. The van der Waals surface area contributed by atoms with Crippen molar-refractivity contribution in [2.24, 2.45) is 0 Å². The minimum atomic E-state index is -0.591. The number of allylic oxidation sites excluding steroid dienone is 3. The molecule has 16 heavy (non-hydrogen) atoms. The van der Waals surface area contributed by atoms with Crippen LogP contribution in [0.25, 0.3) is 0 Å². The predicted molar refractivity (Wildman–Crippen MR) is 62.5 cm³/mol. The van der Waals surface area contributed by atoms with Crippen molar-refractivity contribution in [3.05, 3.63) is 54.7 Å². The molecule has 0 radical (unpaired) electrons. The van der Waals surface area contributed by atoms with Crippen molar-refractivity contribution < 1.29 is 9.13 Å². The van der Waals surface area contributed by atoms with Crippen LogP contribution in [0, 0.1) is 6.92 Å². The summed E-state index contributed by atoms with van der Waals surface area (Å²) in [4.78, 5) is 3.91. The highest BCUT2D eigenvalue weighted by Gasteiger charge is 2.05. The van der Waals surface area contributed by atoms with Crippen molar-refractivity contribution in [1.82, 2.24) is 4.98 Å². The number of pyridine rings is 1. The lowest BCUT2D eigenvalue weighted by Gasteiger charge is -2.07. The van der Waals surface area contributed by atoms with Crippen LogP contribution in [0.3, 0.4) is 0 Å². The van der Waals surface area contributed by atoms with E-state index in [1.807, 2.05) is 6.92 Å². The number of hydrogen-bond acceptors (Lipinski definition) is 3. The second-order valence-corrected chi connectivity index (χ2v) is 3.10. The molecule has 2 N–H and O–H groups in total. The highest BCUT2D eigenvalue weighted by atomic mass is 19.1. The highest BCUT2D eigenvalue weighted by Crippen LogP contribution is 2.19. The van der Waals surface area contributed by atoms with Gasteiger partial charge in [0.2, 0.25) is 5.88 Å². The first-order valence-corrected chi connectivity index (χ1v) is 4.63. The van der Waals surface area contributed by atoms with Crippen molar-refractivity contribution in [3.8, 4) is 5.88 Å². The maximum absolute atomic E-state index is 13.2. The smallest absolute Gasteiger partial charge is 0.219 e. The zero-order valence-corrected chi connectivity index (χ0v) is 9.03. The van der Waals surface area contributed by atoms with Crippen LogP contribution in [0.5, 0.6) is 5.88 Å². The topological polar surface area (TPSA) is 48.1 Å². The summed E-state index contributed by atoms with van der Waals surface area (Å²) in [6.07, 6.45) is 3.75. The van der Waals surface area contributed by atoms with Crippen molar-refractivity contribution >= 4 is 5.69 Å². The first kappa shape index (κ1) is 12.0. The Morgan fingerprint density at radius 2 is 2.19 bits per heavy atom. The first-order chi connectivity index (χ1) is 7.58. The Bertz CT molecular complexity index is 452. The van der Waals surface area contributed by atoms with Gasteiger partial charge in [0, 0.05) is 6.07 Å². The minimum Gasteiger partial charge on any atom is -0.436 e. The molecule has 0 fully saturated rings. The first-order valence-electron chi connectivity index (χ1n) is 4.63. The Balaban J connectivity index is 3.00. The van der Waals surface area contributed by atoms with E-state index >= 15 is 0 Å². The average molecular weight is 220 g/mol. The predicted octanol–water partition coefficient (Wildman–Crippen LogP) is 2.90. The fourth-order valence-electron chi connectivity index (χ4n) is 0.998. The monoisotopic (exact) mass is 220 g/mol. The van der Waals surface area contributed by atoms with Crippen molar-refractivity contribution in [2.75, 3.05) is 5.73 Å². The molecule has 1 rings (SSSR count). The molecule has 0 saturated carbocycles. The summed E-state index contributed by atoms with van der Waals surface area (Å²) in [7, 11) is 0. The van der Waals surface area contributed by atoms with Crippen molar-refractivity contribution in [1.29, 1.82) is 0 Å². The molecule has 0 saturated heterocycles. The number of aromatic nitrogens is 1. The molecule has 3 nitrogen and oxygen atoms in total. The number of anilines is 1. The van der Waals surface area contributed by atoms with E-state index in [2.05, 4.69) is 18.1 Å². The van der Waals surface area contributed by atoms with Crippen molar-refractivity contribution in [2.45, 2.75) is 6.92 Å². The third-order valence-electron chi connectivity index (χ3n) is 1.94. The van der Waals surface area contributed by atoms with Gasteiger partial charge < -0.3 is 10.5 Å². The van der Waals surface area contributed by atoms with Gasteiger partial charge in [-0.25, -0.2) is 9.37 Å². The Morgan fingerprint density at radius 1 is 1.50 bits per heavy atom. The number of aryl methyl sites for hydroxylation is 1. The molecule has 0 spiro atoms. The molecular formula is C12H13FN2O. The lowest BCUT2D eigenvalue weighted by molar-refractivity contribution is 0.404. The number of rotatable bonds is 4. The standard InChI is InChI=1S/C12H13FN2O/c1-4-9(13)11(5-2)16-12-6-8(3)10(14)7-15-12/h4-7H,1-2,14H2,3H3/b11-9-. The number of nitrogen functional groups attached to an aromatic ring is 1. The van der Waals surface area contributed by atoms with E-state index in [1.54, 1.807) is 6.07 Å². The van der Waals surface area contributed by atoms with Gasteiger partial charge in [0.15, 0.2) is 11.6 Å². The molecule has 4 heteroatoms. The third kappa shape index (κ3) is 2.70. The third-order valence-corrected chi connectivity index (χ3v) is 1.94. The van der Waals surface area contributed by atoms with Crippen LogP contribution in [0.4, 0.5) is 10.1 Å². The average Bonchev–Trinajstić information content (AvgIpc) is 2.29. The van der Waals surface area contributed by atoms with E-state index in [1.165, 1.54) is 12.3 Å². The van der Waals surface area contributed by atoms with E-state index in [9.17, 15) is 4.39 Å². The molecule has 1 aromatic rings. The Hall–Kier alpha value is -2.10. The van der Waals surface area contributed by atoms with Gasteiger partial charge in [-0.05, 0) is 24.6 Å². The Kier molecular flexibility index (Phi) is 3.83. The lowest BCUT2D eigenvalue weighted by atomic mass is 10.2. The van der Waals surface area contributed by atoms with E-state index in [0.29, 0.717) is 5.69 Å². The van der Waals surface area contributed by atoms with Gasteiger partial charge in [-0.2, -0.15) is 0 Å². The van der Waals surface area contributed by atoms with E-state index in [-0.39, 0.29) is 11.6 Å². The van der Waals surface area contributed by atoms with Crippen LogP contribution in [0.1, 0.15) is 5.56 Å². The molecule has 84 valence electrons. The highest BCUT2D eigenvalue weighted by molar-refractivity contribution is 5.45. The van der Waals surface area contributed by atoms with Crippen LogP contribution in [0.15, 0.2) is 49.2 Å². The summed E-state index contributed by atoms with van der Waals surface area (Å²) >= 11 is 0. The molecule has 0 unspecified atom stereocenters. The van der Waals surface area contributed by atoms with Gasteiger partial charge in [0.25, 0.3) is 0 Å². The molecule has 0 atom stereocenters. The van der Waals surface area contributed by atoms with Gasteiger partial charge in [-0.3, -0.25) is 0 Å². The Morgan fingerprint density at radius 3 is 2.69 bits per heavy atom. The normalized spacial score (nSPS) is 11.6. The zero-order chi connectivity index (χ0) is 12.1. The molecule has 0 aliphatic heterocycles. The fraction of sp³-hybridized carbons (Fsp3) is 0.0833. The molecule has 0 aliphatic rings. The molecule has 0 bridgehead atoms. The number of hydrogen-bond donors (Lipinski definition) is 1. The van der Waals surface area contributed by atoms with E-state index in [0.717, 1.165) is 11.6 Å². The summed E-state index contributed by atoms with van der Waals surface area (Å²) in [5.41, 5.74) is 6.97. The second-order valence-electron chi connectivity index (χ2n) is 3.10. The summed E-state index contributed by atoms with van der Waals surface area (Å²) in [5, 5.41) is 0. The molecule has 0 amide bonds. The summed E-state index contributed by atoms with van der Waals surface area (Å²) in [5.74, 6) is -0.350. The SMILES string of the molecule is C=C/C(F)=C(\C=C)Oc1cc(C)c(N)cn1. The largest absolute Gasteiger partial charge is 0.436 e. The van der Waals surface area contributed by atoms with Crippen molar-refractivity contribution in [3.63, 3.8) is 0 Å². The quantitative estimate of drug-likeness (QED) is 0.627. The van der Waals surface area contributed by atoms with Crippen LogP contribution in [-0.2, 0) is 0 Å². The van der Waals surface area contributed by atoms with Crippen LogP contribution < -0.4 is 10.5 Å². The van der Waals surface area contributed by atoms with Gasteiger partial charge in [-0.1, -0.05) is 13.2 Å². The summed E-state index contributed by atoms with van der Waals surface area (Å²) < 4.78 is 18.4. The van der Waals surface area contributed by atoms with Crippen LogP contribution >= 0.6 is 0 Å². The maximum atomic E-state index is 13.2. The van der Waals surface area contributed by atoms with Crippen LogP contribution in [-0.4, -0.2) is 4.98 Å². The number of ether oxygens (including phenoxy) is 1. The molecule has 0 aromatic carbocycles. The number of nitrogens with two attached hydrogens (primary N) is 1. The number of nitrogens with zero attached hydrogens (tertiary/aromatic N) is 1. The van der Waals surface area contributed by atoms with Crippen LogP contribution in [0.2, 0.25) is 0 Å². The molecule has 1 heterocycles. The van der Waals surface area contributed by atoms with Gasteiger partial charge >= 0.3 is 0 Å². The fourth-order valence-corrected chi connectivity index (χ4v) is 0.998. The zero-order valence-electron chi connectivity index (χ0n) is 9.03. The van der Waals surface area contributed by atoms with Gasteiger partial charge in [-0.15, -0.1) is 0 Å². The van der Waals surface area contributed by atoms with E-state index in [4.69, 9.17) is 10.5 Å². The lowest BCUT2D eigenvalue weighted by Crippen LogP contribution is -1.98. The molecule has 0 aliphatic carbocycles. The second kappa shape index (κ2) is 5.11. The van der Waals surface area contributed by atoms with E-state index < -0.39 is 5.83 Å². The summed E-state index contributed by atoms with van der Waals surface area (Å²) in [6, 6.07) is 1.62.